The highest BCUT2D eigenvalue weighted by atomic mass is 16.3. The van der Waals surface area contributed by atoms with Gasteiger partial charge in [-0.15, -0.1) is 0 Å². The molecule has 0 spiro atoms. The van der Waals surface area contributed by atoms with Crippen molar-refractivity contribution < 1.29 is 10.4 Å². The molecule has 1 fully saturated rings. The number of hydrogen-bond acceptors (Lipinski definition) is 2. The Bertz CT molecular complexity index is 661. The number of nitrogens with two attached hydrogens (primary N) is 1. The zero-order chi connectivity index (χ0) is 15.4. The van der Waals surface area contributed by atoms with E-state index in [1.165, 1.54) is 23.2 Å². The summed E-state index contributed by atoms with van der Waals surface area (Å²) in [7, 11) is 0. The molecular weight excluding hydrogens is 272 g/mol. The van der Waals surface area contributed by atoms with Crippen LogP contribution in [-0.2, 0) is 0 Å². The summed E-state index contributed by atoms with van der Waals surface area (Å²) in [6, 6.07) is 15.9. The van der Waals surface area contributed by atoms with Crippen LogP contribution >= 0.6 is 0 Å². The summed E-state index contributed by atoms with van der Waals surface area (Å²) in [5.41, 5.74) is 5.26. The van der Waals surface area contributed by atoms with E-state index in [1.807, 2.05) is 12.1 Å². The molecule has 4 N–H and O–H groups in total. The van der Waals surface area contributed by atoms with Crippen LogP contribution in [0.15, 0.2) is 60.3 Å². The Hall–Kier alpha value is -2.26. The van der Waals surface area contributed by atoms with Crippen molar-refractivity contribution in [2.75, 3.05) is 11.9 Å². The van der Waals surface area contributed by atoms with Crippen molar-refractivity contribution in [2.45, 2.75) is 25.7 Å². The van der Waals surface area contributed by atoms with Crippen LogP contribution in [0.1, 0.15) is 31.2 Å². The molecule has 2 aromatic carbocycles. The van der Waals surface area contributed by atoms with E-state index in [2.05, 4.69) is 48.0 Å². The van der Waals surface area contributed by atoms with Crippen molar-refractivity contribution in [1.29, 1.82) is 0 Å². The number of aromatic hydroxyl groups is 1. The van der Waals surface area contributed by atoms with Gasteiger partial charge in [-0.2, -0.15) is 0 Å². The maximum Gasteiger partial charge on any atom is 0.133 e. The normalized spacial score (nSPS) is 19.0. The van der Waals surface area contributed by atoms with Crippen LogP contribution in [0.4, 0.5) is 11.4 Å². The highest BCUT2D eigenvalue weighted by Crippen LogP contribution is 2.43. The molecular formula is C19H23N2O+. The lowest BCUT2D eigenvalue weighted by molar-refractivity contribution is -0.568. The monoisotopic (exact) mass is 295 g/mol. The minimum Gasteiger partial charge on any atom is -0.508 e. The fourth-order valence-electron chi connectivity index (χ4n) is 2.95. The molecule has 0 aliphatic heterocycles. The number of hydrogen-bond donors (Lipinski definition) is 3. The Morgan fingerprint density at radius 2 is 1.95 bits per heavy atom. The number of anilines is 1. The van der Waals surface area contributed by atoms with Crippen molar-refractivity contribution in [2.24, 2.45) is 0 Å². The van der Waals surface area contributed by atoms with Gasteiger partial charge in [-0.25, -0.2) is 0 Å². The summed E-state index contributed by atoms with van der Waals surface area (Å²) in [6.07, 6.45) is 4.50. The van der Waals surface area contributed by atoms with E-state index in [1.54, 1.807) is 12.1 Å². The molecule has 0 bridgehead atoms. The number of rotatable bonds is 5. The number of phenolic OH excluding ortho intramolecular Hbond substituents is 1. The Morgan fingerprint density at radius 1 is 1.18 bits per heavy atom. The second-order valence-corrected chi connectivity index (χ2v) is 5.74. The quantitative estimate of drug-likeness (QED) is 0.584. The molecule has 2 aromatic rings. The molecule has 22 heavy (non-hydrogen) atoms. The zero-order valence-corrected chi connectivity index (χ0v) is 12.9. The summed E-state index contributed by atoms with van der Waals surface area (Å²) in [4.78, 5) is 0. The van der Waals surface area contributed by atoms with Gasteiger partial charge in [-0.3, -0.25) is 0 Å². The number of benzene rings is 2. The van der Waals surface area contributed by atoms with Gasteiger partial charge in [0, 0.05) is 23.4 Å². The number of phenols is 1. The molecule has 1 unspecified atom stereocenters. The first kappa shape index (κ1) is 14.7. The molecule has 0 aromatic heterocycles. The fraction of sp³-hybridized carbons (Fsp3) is 0.263. The van der Waals surface area contributed by atoms with Gasteiger partial charge in [0.15, 0.2) is 0 Å². The highest BCUT2D eigenvalue weighted by molar-refractivity contribution is 5.51. The molecule has 0 radical (unpaired) electrons. The molecule has 1 atom stereocenters. The summed E-state index contributed by atoms with van der Waals surface area (Å²) in [6.45, 7) is 3.25. The molecule has 114 valence electrons. The molecule has 1 aliphatic carbocycles. The van der Waals surface area contributed by atoms with Crippen LogP contribution in [0.25, 0.3) is 0 Å². The van der Waals surface area contributed by atoms with Crippen molar-refractivity contribution in [1.82, 2.24) is 0 Å². The third-order valence-electron chi connectivity index (χ3n) is 4.26. The zero-order valence-electron chi connectivity index (χ0n) is 12.9. The topological polar surface area (TPSA) is 48.9 Å². The lowest BCUT2D eigenvalue weighted by atomic mass is 9.75. The summed E-state index contributed by atoms with van der Waals surface area (Å²) < 4.78 is 0. The van der Waals surface area contributed by atoms with Crippen LogP contribution in [0.5, 0.6) is 5.75 Å². The van der Waals surface area contributed by atoms with Crippen LogP contribution in [0.2, 0.25) is 0 Å². The van der Waals surface area contributed by atoms with Crippen LogP contribution in [0.3, 0.4) is 0 Å². The van der Waals surface area contributed by atoms with Crippen molar-refractivity contribution in [3.8, 4) is 5.75 Å². The minimum absolute atomic E-state index is 0.295. The second-order valence-electron chi connectivity index (χ2n) is 5.74. The standard InChI is InChI=1S/C19H22N2O/c1-2-20-19-6-4-3-5-18(19)17-12-7-14(17)13-21-15-8-10-16(22)11-9-15/h3-6,8-11,13,17,20-22H,2,7,12H2,1H3/p+1. The lowest BCUT2D eigenvalue weighted by Gasteiger charge is -2.31. The predicted molar refractivity (Wildman–Crippen MR) is 90.4 cm³/mol. The second kappa shape index (κ2) is 6.67. The van der Waals surface area contributed by atoms with Crippen molar-refractivity contribution in [3.05, 3.63) is 65.9 Å². The Balaban J connectivity index is 1.74. The average Bonchev–Trinajstić information content (AvgIpc) is 2.50. The minimum atomic E-state index is 0.295. The molecule has 0 amide bonds. The van der Waals surface area contributed by atoms with Gasteiger partial charge in [0.1, 0.15) is 11.4 Å². The van der Waals surface area contributed by atoms with Crippen molar-refractivity contribution >= 4 is 11.4 Å². The fourth-order valence-corrected chi connectivity index (χ4v) is 2.95. The van der Waals surface area contributed by atoms with Gasteiger partial charge in [-0.1, -0.05) is 18.2 Å². The summed E-state index contributed by atoms with van der Waals surface area (Å²) >= 11 is 0. The summed E-state index contributed by atoms with van der Waals surface area (Å²) in [5, 5.41) is 15.0. The number of para-hydroxylation sites is 1. The van der Waals surface area contributed by atoms with Gasteiger partial charge in [0.2, 0.25) is 0 Å². The molecule has 3 heteroatoms. The maximum absolute atomic E-state index is 9.32. The van der Waals surface area contributed by atoms with Gasteiger partial charge in [0.25, 0.3) is 0 Å². The highest BCUT2D eigenvalue weighted by Gasteiger charge is 2.28. The third kappa shape index (κ3) is 3.15. The van der Waals surface area contributed by atoms with Crippen LogP contribution in [-0.4, -0.2) is 11.7 Å². The molecule has 0 saturated heterocycles. The van der Waals surface area contributed by atoms with Gasteiger partial charge in [-0.05, 0) is 55.7 Å². The van der Waals surface area contributed by atoms with Gasteiger partial charge < -0.3 is 15.7 Å². The number of nitrogens with one attached hydrogen (secondary N) is 1. The van der Waals surface area contributed by atoms with E-state index in [0.29, 0.717) is 11.7 Å². The SMILES string of the molecule is CC[NH2+]c1ccccc1C1CCC1=CNc1ccc(O)cc1. The van der Waals surface area contributed by atoms with Crippen molar-refractivity contribution in [3.63, 3.8) is 0 Å². The average molecular weight is 295 g/mol. The smallest absolute Gasteiger partial charge is 0.133 e. The molecule has 3 nitrogen and oxygen atoms in total. The largest absolute Gasteiger partial charge is 0.508 e. The molecule has 3 rings (SSSR count). The molecule has 1 saturated carbocycles. The molecule has 1 aliphatic rings. The Morgan fingerprint density at radius 3 is 2.64 bits per heavy atom. The first-order valence-corrected chi connectivity index (χ1v) is 7.94. The summed E-state index contributed by atoms with van der Waals surface area (Å²) in [5.74, 6) is 0.826. The van der Waals surface area contributed by atoms with E-state index in [-0.39, 0.29) is 0 Å². The first-order chi connectivity index (χ1) is 10.8. The first-order valence-electron chi connectivity index (χ1n) is 7.94. The predicted octanol–water partition coefficient (Wildman–Crippen LogP) is 3.48. The Labute approximate surface area is 131 Å². The maximum atomic E-state index is 9.32. The Kier molecular flexibility index (Phi) is 4.45. The van der Waals surface area contributed by atoms with E-state index in [0.717, 1.165) is 18.7 Å². The number of allylic oxidation sites excluding steroid dienone is 1. The van der Waals surface area contributed by atoms with E-state index >= 15 is 0 Å². The van der Waals surface area contributed by atoms with E-state index in [9.17, 15) is 5.11 Å². The lowest BCUT2D eigenvalue weighted by Crippen LogP contribution is -2.77. The molecule has 0 heterocycles. The van der Waals surface area contributed by atoms with Gasteiger partial charge in [0.05, 0.1) is 6.54 Å². The number of quaternary nitrogens is 1. The van der Waals surface area contributed by atoms with Crippen LogP contribution in [0, 0.1) is 0 Å². The van der Waals surface area contributed by atoms with E-state index < -0.39 is 0 Å². The van der Waals surface area contributed by atoms with Crippen LogP contribution < -0.4 is 10.6 Å². The third-order valence-corrected chi connectivity index (χ3v) is 4.26. The van der Waals surface area contributed by atoms with E-state index in [4.69, 9.17) is 0 Å². The van der Waals surface area contributed by atoms with Gasteiger partial charge >= 0.3 is 0 Å².